The van der Waals surface area contributed by atoms with Crippen molar-refractivity contribution in [3.8, 4) is 11.8 Å². The predicted octanol–water partition coefficient (Wildman–Crippen LogP) is 3.06. The number of anilines is 1. The lowest BCUT2D eigenvalue weighted by Crippen LogP contribution is -2.17. The zero-order valence-corrected chi connectivity index (χ0v) is 11.4. The van der Waals surface area contributed by atoms with Crippen LogP contribution in [0.5, 0.6) is 5.75 Å². The molecule has 0 aliphatic carbocycles. The van der Waals surface area contributed by atoms with Crippen molar-refractivity contribution in [2.45, 2.75) is 12.3 Å². The fourth-order valence-corrected chi connectivity index (χ4v) is 2.51. The van der Waals surface area contributed by atoms with Crippen LogP contribution >= 0.6 is 0 Å². The van der Waals surface area contributed by atoms with E-state index < -0.39 is 0 Å². The molecule has 0 fully saturated rings. The third-order valence-corrected chi connectivity index (χ3v) is 3.55. The summed E-state index contributed by atoms with van der Waals surface area (Å²) in [6, 6.07) is 16.8. The van der Waals surface area contributed by atoms with E-state index in [9.17, 15) is 4.79 Å². The van der Waals surface area contributed by atoms with E-state index in [1.165, 1.54) is 0 Å². The van der Waals surface area contributed by atoms with Crippen LogP contribution in [0.4, 0.5) is 5.69 Å². The molecule has 21 heavy (non-hydrogen) atoms. The van der Waals surface area contributed by atoms with Gasteiger partial charge in [-0.1, -0.05) is 30.3 Å². The first kappa shape index (κ1) is 13.2. The van der Waals surface area contributed by atoms with Crippen LogP contribution in [0.15, 0.2) is 48.5 Å². The zero-order chi connectivity index (χ0) is 14.7. The lowest BCUT2D eigenvalue weighted by atomic mass is 9.97. The summed E-state index contributed by atoms with van der Waals surface area (Å²) in [5, 5.41) is 11.8. The molecule has 0 saturated carbocycles. The van der Waals surface area contributed by atoms with E-state index in [-0.39, 0.29) is 11.8 Å². The second-order valence-corrected chi connectivity index (χ2v) is 4.96. The number of fused-ring (bicyclic) bond motifs is 1. The molecule has 0 bridgehead atoms. The van der Waals surface area contributed by atoms with Gasteiger partial charge in [0.1, 0.15) is 11.8 Å². The molecule has 1 N–H and O–H groups in total. The van der Waals surface area contributed by atoms with Gasteiger partial charge in [-0.2, -0.15) is 5.26 Å². The molecule has 4 nitrogen and oxygen atoms in total. The number of nitrogens with zero attached hydrogens (tertiary/aromatic N) is 1. The van der Waals surface area contributed by atoms with Crippen LogP contribution in [-0.2, 0) is 4.79 Å². The largest absolute Gasteiger partial charge is 0.493 e. The maximum absolute atomic E-state index is 12.2. The highest BCUT2D eigenvalue weighted by Crippen LogP contribution is 2.35. The summed E-state index contributed by atoms with van der Waals surface area (Å²) >= 11 is 0. The molecule has 0 aromatic heterocycles. The number of benzene rings is 2. The molecule has 4 heteroatoms. The molecule has 104 valence electrons. The van der Waals surface area contributed by atoms with Crippen molar-refractivity contribution >= 4 is 11.6 Å². The van der Waals surface area contributed by atoms with E-state index in [4.69, 9.17) is 10.00 Å². The van der Waals surface area contributed by atoms with E-state index in [1.807, 2.05) is 24.3 Å². The Hall–Kier alpha value is -2.80. The van der Waals surface area contributed by atoms with E-state index in [0.29, 0.717) is 24.3 Å². The maximum atomic E-state index is 12.2. The molecule has 1 aliphatic rings. The summed E-state index contributed by atoms with van der Waals surface area (Å²) in [5.74, 6) is 0.811. The molecule has 1 heterocycles. The minimum Gasteiger partial charge on any atom is -0.493 e. The number of carbonyl (C=O) groups excluding carboxylic acids is 1. The number of carbonyl (C=O) groups is 1. The third kappa shape index (κ3) is 2.72. The maximum Gasteiger partial charge on any atom is 0.225 e. The Kier molecular flexibility index (Phi) is 3.57. The first-order valence-electron chi connectivity index (χ1n) is 6.78. The smallest absolute Gasteiger partial charge is 0.225 e. The lowest BCUT2D eigenvalue weighted by molar-refractivity contribution is -0.116. The highest BCUT2D eigenvalue weighted by molar-refractivity contribution is 5.92. The Labute approximate surface area is 123 Å². The van der Waals surface area contributed by atoms with Crippen molar-refractivity contribution in [3.05, 3.63) is 59.7 Å². The van der Waals surface area contributed by atoms with Gasteiger partial charge in [-0.3, -0.25) is 4.79 Å². The Morgan fingerprint density at radius 1 is 1.24 bits per heavy atom. The summed E-state index contributed by atoms with van der Waals surface area (Å²) < 4.78 is 5.57. The molecule has 1 amide bonds. The van der Waals surface area contributed by atoms with Crippen LogP contribution in [0.3, 0.4) is 0 Å². The lowest BCUT2D eigenvalue weighted by Gasteiger charge is -2.10. The van der Waals surface area contributed by atoms with Crippen LogP contribution < -0.4 is 10.1 Å². The van der Waals surface area contributed by atoms with Gasteiger partial charge < -0.3 is 10.1 Å². The average molecular weight is 278 g/mol. The molecular weight excluding hydrogens is 264 g/mol. The van der Waals surface area contributed by atoms with Crippen molar-refractivity contribution < 1.29 is 9.53 Å². The predicted molar refractivity (Wildman–Crippen MR) is 79.1 cm³/mol. The van der Waals surface area contributed by atoms with Gasteiger partial charge in [-0.15, -0.1) is 0 Å². The minimum absolute atomic E-state index is 0.0652. The summed E-state index contributed by atoms with van der Waals surface area (Å²) in [5.41, 5.74) is 2.09. The van der Waals surface area contributed by atoms with Gasteiger partial charge in [0.15, 0.2) is 0 Å². The molecular formula is C17H14N2O2. The van der Waals surface area contributed by atoms with Crippen molar-refractivity contribution in [1.29, 1.82) is 5.26 Å². The third-order valence-electron chi connectivity index (χ3n) is 3.55. The summed E-state index contributed by atoms with van der Waals surface area (Å²) in [6.45, 7) is 0.520. The number of rotatable bonds is 3. The van der Waals surface area contributed by atoms with Crippen molar-refractivity contribution in [3.63, 3.8) is 0 Å². The van der Waals surface area contributed by atoms with Gasteiger partial charge in [0.2, 0.25) is 5.91 Å². The number of hydrogen-bond acceptors (Lipinski definition) is 3. The van der Waals surface area contributed by atoms with Crippen molar-refractivity contribution in [1.82, 2.24) is 0 Å². The molecule has 1 unspecified atom stereocenters. The van der Waals surface area contributed by atoms with E-state index in [0.717, 1.165) is 11.3 Å². The fraction of sp³-hybridized carbons (Fsp3) is 0.176. The van der Waals surface area contributed by atoms with Crippen molar-refractivity contribution in [2.24, 2.45) is 0 Å². The van der Waals surface area contributed by atoms with Gasteiger partial charge in [0.25, 0.3) is 0 Å². The number of ether oxygens (including phenoxy) is 1. The standard InChI is InChI=1S/C17H14N2O2/c18-10-12-5-1-3-7-15(12)19-17(20)9-13-11-21-16-8-4-2-6-14(13)16/h1-8,13H,9,11H2,(H,19,20). The quantitative estimate of drug-likeness (QED) is 0.938. The number of para-hydroxylation sites is 2. The second-order valence-electron chi connectivity index (χ2n) is 4.96. The van der Waals surface area contributed by atoms with Crippen LogP contribution in [0.2, 0.25) is 0 Å². The first-order chi connectivity index (χ1) is 10.3. The molecule has 0 spiro atoms. The summed E-state index contributed by atoms with van der Waals surface area (Å²) in [6.07, 6.45) is 0.344. The Morgan fingerprint density at radius 2 is 2.00 bits per heavy atom. The Balaban J connectivity index is 1.70. The van der Waals surface area contributed by atoms with Crippen LogP contribution in [0, 0.1) is 11.3 Å². The first-order valence-corrected chi connectivity index (χ1v) is 6.78. The number of amides is 1. The average Bonchev–Trinajstić information content (AvgIpc) is 2.91. The second kappa shape index (κ2) is 5.68. The SMILES string of the molecule is N#Cc1ccccc1NC(=O)CC1COc2ccccc21. The fourth-order valence-electron chi connectivity index (χ4n) is 2.51. The monoisotopic (exact) mass is 278 g/mol. The molecule has 2 aromatic carbocycles. The topological polar surface area (TPSA) is 62.1 Å². The highest BCUT2D eigenvalue weighted by atomic mass is 16.5. The van der Waals surface area contributed by atoms with Gasteiger partial charge in [-0.05, 0) is 18.2 Å². The highest BCUT2D eigenvalue weighted by Gasteiger charge is 2.26. The van der Waals surface area contributed by atoms with E-state index in [2.05, 4.69) is 11.4 Å². The Morgan fingerprint density at radius 3 is 2.86 bits per heavy atom. The molecule has 2 aromatic rings. The Bertz CT molecular complexity index is 719. The summed E-state index contributed by atoms with van der Waals surface area (Å²) in [7, 11) is 0. The summed E-state index contributed by atoms with van der Waals surface area (Å²) in [4.78, 5) is 12.2. The zero-order valence-electron chi connectivity index (χ0n) is 11.4. The van der Waals surface area contributed by atoms with Crippen LogP contribution in [0.1, 0.15) is 23.5 Å². The van der Waals surface area contributed by atoms with Gasteiger partial charge >= 0.3 is 0 Å². The van der Waals surface area contributed by atoms with Gasteiger partial charge in [0, 0.05) is 17.9 Å². The van der Waals surface area contributed by atoms with Crippen LogP contribution in [0.25, 0.3) is 0 Å². The van der Waals surface area contributed by atoms with Crippen molar-refractivity contribution in [2.75, 3.05) is 11.9 Å². The number of nitrogens with one attached hydrogen (secondary N) is 1. The number of nitriles is 1. The van der Waals surface area contributed by atoms with E-state index in [1.54, 1.807) is 24.3 Å². The molecule has 1 atom stereocenters. The normalized spacial score (nSPS) is 15.7. The van der Waals surface area contributed by atoms with Gasteiger partial charge in [-0.25, -0.2) is 0 Å². The molecule has 0 radical (unpaired) electrons. The number of hydrogen-bond donors (Lipinski definition) is 1. The molecule has 3 rings (SSSR count). The van der Waals surface area contributed by atoms with Gasteiger partial charge in [0.05, 0.1) is 17.9 Å². The molecule has 0 saturated heterocycles. The van der Waals surface area contributed by atoms with E-state index >= 15 is 0 Å². The molecule has 1 aliphatic heterocycles. The minimum atomic E-state index is -0.108. The van der Waals surface area contributed by atoms with Crippen LogP contribution in [-0.4, -0.2) is 12.5 Å².